The number of hydrogen-bond donors (Lipinski definition) is 1. The van der Waals surface area contributed by atoms with Crippen LogP contribution in [-0.4, -0.2) is 34.2 Å². The minimum absolute atomic E-state index is 0.219. The number of nitrogens with one attached hydrogen (secondary N) is 1. The molecule has 2 aliphatic rings. The van der Waals surface area contributed by atoms with Crippen molar-refractivity contribution in [3.05, 3.63) is 11.7 Å². The highest BCUT2D eigenvalue weighted by molar-refractivity contribution is 7.99. The Morgan fingerprint density at radius 3 is 3.12 bits per heavy atom. The molecule has 1 saturated heterocycles. The maximum Gasteiger partial charge on any atom is 0.228 e. The fourth-order valence-electron chi connectivity index (χ4n) is 1.96. The highest BCUT2D eigenvalue weighted by Gasteiger charge is 2.43. The van der Waals surface area contributed by atoms with Gasteiger partial charge in [0.1, 0.15) is 0 Å². The van der Waals surface area contributed by atoms with E-state index in [0.717, 1.165) is 30.4 Å². The minimum Gasteiger partial charge on any atom is -0.339 e. The van der Waals surface area contributed by atoms with E-state index >= 15 is 0 Å². The van der Waals surface area contributed by atoms with Crippen molar-refractivity contribution in [1.29, 1.82) is 0 Å². The lowest BCUT2D eigenvalue weighted by atomic mass is 10.1. The molecule has 16 heavy (non-hydrogen) atoms. The summed E-state index contributed by atoms with van der Waals surface area (Å²) in [6, 6.07) is 0.499. The summed E-state index contributed by atoms with van der Waals surface area (Å²) < 4.78 is 5.32. The number of thioether (sulfide) groups is 1. The van der Waals surface area contributed by atoms with E-state index in [1.54, 1.807) is 0 Å². The molecular weight excluding hydrogens is 222 g/mol. The number of hydrogen-bond acceptors (Lipinski definition) is 5. The molecule has 88 valence electrons. The van der Waals surface area contributed by atoms with Gasteiger partial charge in [-0.15, -0.1) is 0 Å². The Bertz CT molecular complexity index is 369. The van der Waals surface area contributed by atoms with Crippen LogP contribution in [0, 0.1) is 0 Å². The summed E-state index contributed by atoms with van der Waals surface area (Å²) in [4.78, 5) is 4.51. The fraction of sp³-hybridized carbons (Fsp3) is 0.818. The predicted octanol–water partition coefficient (Wildman–Crippen LogP) is 1.37. The lowest BCUT2D eigenvalue weighted by molar-refractivity contribution is 0.356. The summed E-state index contributed by atoms with van der Waals surface area (Å²) in [5, 5.41) is 7.58. The van der Waals surface area contributed by atoms with Gasteiger partial charge in [0.25, 0.3) is 0 Å². The van der Waals surface area contributed by atoms with Crippen molar-refractivity contribution in [2.45, 2.75) is 37.6 Å². The van der Waals surface area contributed by atoms with Gasteiger partial charge in [-0.1, -0.05) is 12.1 Å². The summed E-state index contributed by atoms with van der Waals surface area (Å²) in [7, 11) is 0. The van der Waals surface area contributed by atoms with Gasteiger partial charge in [-0.05, 0) is 12.8 Å². The van der Waals surface area contributed by atoms with Gasteiger partial charge in [-0.2, -0.15) is 16.7 Å². The van der Waals surface area contributed by atoms with Gasteiger partial charge in [-0.25, -0.2) is 0 Å². The zero-order valence-corrected chi connectivity index (χ0v) is 10.3. The summed E-state index contributed by atoms with van der Waals surface area (Å²) in [5.74, 6) is 4.06. The Kier molecular flexibility index (Phi) is 2.67. The third-order valence-electron chi connectivity index (χ3n) is 3.43. The molecule has 0 radical (unpaired) electrons. The SMILES string of the molecule is CC1(c2noc(CC3CSCCN3)n2)CC1. The van der Waals surface area contributed by atoms with Crippen LogP contribution in [0.15, 0.2) is 4.52 Å². The predicted molar refractivity (Wildman–Crippen MR) is 63.7 cm³/mol. The monoisotopic (exact) mass is 239 g/mol. The van der Waals surface area contributed by atoms with Crippen LogP contribution >= 0.6 is 11.8 Å². The quantitative estimate of drug-likeness (QED) is 0.863. The first-order chi connectivity index (χ1) is 7.76. The number of rotatable bonds is 3. The Hall–Kier alpha value is -0.550. The molecule has 5 heteroatoms. The third kappa shape index (κ3) is 2.11. The molecule has 2 fully saturated rings. The second-order valence-electron chi connectivity index (χ2n) is 5.00. The van der Waals surface area contributed by atoms with E-state index in [0.29, 0.717) is 6.04 Å². The van der Waals surface area contributed by atoms with Crippen LogP contribution in [-0.2, 0) is 11.8 Å². The summed E-state index contributed by atoms with van der Waals surface area (Å²) in [5.41, 5.74) is 0.219. The van der Waals surface area contributed by atoms with Crippen molar-refractivity contribution < 1.29 is 4.52 Å². The van der Waals surface area contributed by atoms with E-state index in [1.165, 1.54) is 18.6 Å². The largest absolute Gasteiger partial charge is 0.339 e. The Balaban J connectivity index is 1.63. The van der Waals surface area contributed by atoms with Gasteiger partial charge in [0, 0.05) is 35.9 Å². The second kappa shape index (κ2) is 4.04. The van der Waals surface area contributed by atoms with Gasteiger partial charge in [0.2, 0.25) is 5.89 Å². The van der Waals surface area contributed by atoms with Crippen molar-refractivity contribution in [3.8, 4) is 0 Å². The van der Waals surface area contributed by atoms with E-state index in [9.17, 15) is 0 Å². The van der Waals surface area contributed by atoms with Gasteiger partial charge < -0.3 is 9.84 Å². The first-order valence-electron chi connectivity index (χ1n) is 5.90. The number of aromatic nitrogens is 2. The zero-order valence-electron chi connectivity index (χ0n) is 9.53. The molecule has 0 amide bonds. The highest BCUT2D eigenvalue weighted by Crippen LogP contribution is 2.45. The molecule has 1 unspecified atom stereocenters. The smallest absolute Gasteiger partial charge is 0.228 e. The molecule has 2 heterocycles. The van der Waals surface area contributed by atoms with Crippen LogP contribution in [0.1, 0.15) is 31.5 Å². The van der Waals surface area contributed by atoms with E-state index in [1.807, 2.05) is 11.8 Å². The van der Waals surface area contributed by atoms with E-state index in [2.05, 4.69) is 22.4 Å². The molecule has 1 aromatic rings. The lowest BCUT2D eigenvalue weighted by Gasteiger charge is -2.21. The maximum absolute atomic E-state index is 5.32. The van der Waals surface area contributed by atoms with Crippen molar-refractivity contribution in [2.24, 2.45) is 0 Å². The molecule has 1 N–H and O–H groups in total. The van der Waals surface area contributed by atoms with Crippen LogP contribution in [0.3, 0.4) is 0 Å². The van der Waals surface area contributed by atoms with Crippen LogP contribution in [0.5, 0.6) is 0 Å². The zero-order chi connectivity index (χ0) is 11.0. The van der Waals surface area contributed by atoms with E-state index < -0.39 is 0 Å². The first kappa shape index (κ1) is 10.6. The third-order valence-corrected chi connectivity index (χ3v) is 4.56. The molecule has 1 saturated carbocycles. The van der Waals surface area contributed by atoms with Gasteiger partial charge in [0.15, 0.2) is 5.82 Å². The van der Waals surface area contributed by atoms with Crippen molar-refractivity contribution in [3.63, 3.8) is 0 Å². The molecule has 4 nitrogen and oxygen atoms in total. The summed E-state index contributed by atoms with van der Waals surface area (Å²) in [6.07, 6.45) is 3.27. The van der Waals surface area contributed by atoms with Gasteiger partial charge in [0.05, 0.1) is 0 Å². The molecule has 1 aliphatic carbocycles. The number of nitrogens with zero attached hydrogens (tertiary/aromatic N) is 2. The molecule has 0 spiro atoms. The van der Waals surface area contributed by atoms with Gasteiger partial charge in [-0.3, -0.25) is 0 Å². The lowest BCUT2D eigenvalue weighted by Crippen LogP contribution is -2.38. The average molecular weight is 239 g/mol. The summed E-state index contributed by atoms with van der Waals surface area (Å²) in [6.45, 7) is 3.30. The molecule has 0 bridgehead atoms. The molecule has 0 aromatic carbocycles. The topological polar surface area (TPSA) is 51.0 Å². The summed E-state index contributed by atoms with van der Waals surface area (Å²) >= 11 is 1.99. The Morgan fingerprint density at radius 2 is 2.44 bits per heavy atom. The van der Waals surface area contributed by atoms with Crippen molar-refractivity contribution >= 4 is 11.8 Å². The normalized spacial score (nSPS) is 27.9. The fourth-order valence-corrected chi connectivity index (χ4v) is 2.90. The van der Waals surface area contributed by atoms with Crippen LogP contribution in [0.25, 0.3) is 0 Å². The first-order valence-corrected chi connectivity index (χ1v) is 7.06. The molecule has 1 aliphatic heterocycles. The standard InChI is InChI=1S/C11H17N3OS/c1-11(2-3-11)10-13-9(15-14-10)6-8-7-16-5-4-12-8/h8,12H,2-7H2,1H3. The maximum atomic E-state index is 5.32. The van der Waals surface area contributed by atoms with Gasteiger partial charge >= 0.3 is 0 Å². The highest BCUT2D eigenvalue weighted by atomic mass is 32.2. The Morgan fingerprint density at radius 1 is 1.56 bits per heavy atom. The molecular formula is C11H17N3OS. The van der Waals surface area contributed by atoms with E-state index in [4.69, 9.17) is 4.52 Å². The molecule has 3 rings (SSSR count). The van der Waals surface area contributed by atoms with Crippen LogP contribution < -0.4 is 5.32 Å². The van der Waals surface area contributed by atoms with Crippen LogP contribution in [0.4, 0.5) is 0 Å². The molecule has 1 atom stereocenters. The van der Waals surface area contributed by atoms with Crippen molar-refractivity contribution in [1.82, 2.24) is 15.5 Å². The minimum atomic E-state index is 0.219. The van der Waals surface area contributed by atoms with E-state index in [-0.39, 0.29) is 5.41 Å². The average Bonchev–Trinajstić information content (AvgIpc) is 2.88. The van der Waals surface area contributed by atoms with Crippen molar-refractivity contribution in [2.75, 3.05) is 18.1 Å². The second-order valence-corrected chi connectivity index (χ2v) is 6.15. The Labute approximate surface area is 99.6 Å². The van der Waals surface area contributed by atoms with Crippen LogP contribution in [0.2, 0.25) is 0 Å². The molecule has 1 aromatic heterocycles.